The van der Waals surface area contributed by atoms with E-state index in [0.29, 0.717) is 31.8 Å². The fourth-order valence-corrected chi connectivity index (χ4v) is 1.24. The summed E-state index contributed by atoms with van der Waals surface area (Å²) < 4.78 is 15.9. The van der Waals surface area contributed by atoms with Gasteiger partial charge < -0.3 is 19.5 Å². The predicted molar refractivity (Wildman–Crippen MR) is 79.9 cm³/mol. The number of alkyl carbamates (subject to hydrolysis) is 1. The molecule has 20 heavy (non-hydrogen) atoms. The van der Waals surface area contributed by atoms with E-state index in [2.05, 4.69) is 26.1 Å². The molecule has 0 aromatic carbocycles. The molecular formula is C15H31NO4. The highest BCUT2D eigenvalue weighted by molar-refractivity contribution is 5.67. The van der Waals surface area contributed by atoms with Crippen molar-refractivity contribution < 1.29 is 19.0 Å². The Morgan fingerprint density at radius 1 is 0.900 bits per heavy atom. The van der Waals surface area contributed by atoms with Crippen molar-refractivity contribution in [1.29, 1.82) is 0 Å². The largest absolute Gasteiger partial charge is 0.444 e. The summed E-state index contributed by atoms with van der Waals surface area (Å²) in [6, 6.07) is 0. The molecule has 0 rings (SSSR count). The van der Waals surface area contributed by atoms with Crippen LogP contribution < -0.4 is 5.32 Å². The van der Waals surface area contributed by atoms with E-state index in [1.54, 1.807) is 0 Å². The van der Waals surface area contributed by atoms with Crippen LogP contribution in [0.4, 0.5) is 4.79 Å². The number of ether oxygens (including phenoxy) is 3. The smallest absolute Gasteiger partial charge is 0.407 e. The topological polar surface area (TPSA) is 56.8 Å². The average Bonchev–Trinajstić information content (AvgIpc) is 2.22. The van der Waals surface area contributed by atoms with Crippen LogP contribution in [0.3, 0.4) is 0 Å². The SMILES string of the molecule is CC(C)(C)CCOCCOCCNC(=O)OC(C)(C)C. The molecule has 5 nitrogen and oxygen atoms in total. The van der Waals surface area contributed by atoms with E-state index in [9.17, 15) is 4.79 Å². The lowest BCUT2D eigenvalue weighted by Gasteiger charge is -2.19. The monoisotopic (exact) mass is 289 g/mol. The van der Waals surface area contributed by atoms with E-state index < -0.39 is 11.7 Å². The van der Waals surface area contributed by atoms with Crippen LogP contribution in [0.5, 0.6) is 0 Å². The lowest BCUT2D eigenvalue weighted by atomic mass is 9.93. The van der Waals surface area contributed by atoms with Crippen molar-refractivity contribution in [3.8, 4) is 0 Å². The Kier molecular flexibility index (Phi) is 8.81. The molecule has 1 N–H and O–H groups in total. The summed E-state index contributed by atoms with van der Waals surface area (Å²) in [5, 5.41) is 2.63. The summed E-state index contributed by atoms with van der Waals surface area (Å²) in [7, 11) is 0. The van der Waals surface area contributed by atoms with E-state index >= 15 is 0 Å². The van der Waals surface area contributed by atoms with Crippen molar-refractivity contribution in [3.63, 3.8) is 0 Å². The zero-order valence-electron chi connectivity index (χ0n) is 13.9. The van der Waals surface area contributed by atoms with Crippen molar-refractivity contribution in [1.82, 2.24) is 5.32 Å². The van der Waals surface area contributed by atoms with E-state index in [1.165, 1.54) is 0 Å². The summed E-state index contributed by atoms with van der Waals surface area (Å²) in [4.78, 5) is 11.3. The van der Waals surface area contributed by atoms with Crippen LogP contribution in [0.25, 0.3) is 0 Å². The van der Waals surface area contributed by atoms with Crippen LogP contribution in [-0.2, 0) is 14.2 Å². The van der Waals surface area contributed by atoms with Crippen LogP contribution in [0.1, 0.15) is 48.0 Å². The maximum absolute atomic E-state index is 11.3. The second-order valence-corrected chi connectivity index (χ2v) is 6.96. The Labute approximate surface area is 123 Å². The average molecular weight is 289 g/mol. The molecule has 0 heterocycles. The lowest BCUT2D eigenvalue weighted by molar-refractivity contribution is 0.0346. The number of hydrogen-bond donors (Lipinski definition) is 1. The first-order valence-electron chi connectivity index (χ1n) is 7.22. The Hall–Kier alpha value is -0.810. The molecule has 0 aromatic heterocycles. The third-order valence-electron chi connectivity index (χ3n) is 2.28. The van der Waals surface area contributed by atoms with Crippen molar-refractivity contribution in [2.45, 2.75) is 53.6 Å². The molecule has 120 valence electrons. The Morgan fingerprint density at radius 2 is 1.45 bits per heavy atom. The zero-order valence-corrected chi connectivity index (χ0v) is 13.9. The number of hydrogen-bond acceptors (Lipinski definition) is 4. The number of carbonyl (C=O) groups excluding carboxylic acids is 1. The van der Waals surface area contributed by atoms with Gasteiger partial charge in [-0.05, 0) is 32.6 Å². The van der Waals surface area contributed by atoms with E-state index in [0.717, 1.165) is 13.0 Å². The van der Waals surface area contributed by atoms with Crippen molar-refractivity contribution >= 4 is 6.09 Å². The van der Waals surface area contributed by atoms with Crippen LogP contribution in [0.2, 0.25) is 0 Å². The second-order valence-electron chi connectivity index (χ2n) is 6.96. The first-order valence-corrected chi connectivity index (χ1v) is 7.22. The fraction of sp³-hybridized carbons (Fsp3) is 0.933. The van der Waals surface area contributed by atoms with Crippen molar-refractivity contribution in [3.05, 3.63) is 0 Å². The third kappa shape index (κ3) is 15.2. The van der Waals surface area contributed by atoms with Gasteiger partial charge in [-0.3, -0.25) is 0 Å². The molecule has 0 bridgehead atoms. The van der Waals surface area contributed by atoms with Crippen molar-refractivity contribution in [2.24, 2.45) is 5.41 Å². The van der Waals surface area contributed by atoms with Gasteiger partial charge in [0.25, 0.3) is 0 Å². The van der Waals surface area contributed by atoms with Gasteiger partial charge in [-0.1, -0.05) is 20.8 Å². The second kappa shape index (κ2) is 9.19. The number of carbonyl (C=O) groups is 1. The van der Waals surface area contributed by atoms with Gasteiger partial charge in [0.1, 0.15) is 5.60 Å². The van der Waals surface area contributed by atoms with E-state index in [-0.39, 0.29) is 0 Å². The number of rotatable bonds is 8. The van der Waals surface area contributed by atoms with Crippen LogP contribution in [-0.4, -0.2) is 44.7 Å². The molecule has 0 unspecified atom stereocenters. The van der Waals surface area contributed by atoms with E-state index in [1.807, 2.05) is 20.8 Å². The quantitative estimate of drug-likeness (QED) is 0.698. The maximum atomic E-state index is 11.3. The molecule has 0 aliphatic carbocycles. The van der Waals surface area contributed by atoms with Crippen LogP contribution >= 0.6 is 0 Å². The van der Waals surface area contributed by atoms with Gasteiger partial charge in [0, 0.05) is 13.2 Å². The minimum atomic E-state index is -0.466. The minimum Gasteiger partial charge on any atom is -0.444 e. The van der Waals surface area contributed by atoms with Crippen molar-refractivity contribution in [2.75, 3.05) is 33.0 Å². The van der Waals surface area contributed by atoms with Gasteiger partial charge in [-0.15, -0.1) is 0 Å². The predicted octanol–water partition coefficient (Wildman–Crippen LogP) is 2.98. The molecule has 0 radical (unpaired) electrons. The maximum Gasteiger partial charge on any atom is 0.407 e. The molecule has 0 atom stereocenters. The Bertz CT molecular complexity index is 266. The molecule has 0 fully saturated rings. The summed E-state index contributed by atoms with van der Waals surface area (Å²) in [6.07, 6.45) is 0.621. The molecular weight excluding hydrogens is 258 g/mol. The summed E-state index contributed by atoms with van der Waals surface area (Å²) in [5.41, 5.74) is -0.163. The molecule has 0 aliphatic rings. The molecule has 5 heteroatoms. The number of amides is 1. The highest BCUT2D eigenvalue weighted by Gasteiger charge is 2.15. The van der Waals surface area contributed by atoms with Gasteiger partial charge in [0.05, 0.1) is 19.8 Å². The normalized spacial score (nSPS) is 12.3. The Morgan fingerprint density at radius 3 is 1.95 bits per heavy atom. The van der Waals surface area contributed by atoms with Gasteiger partial charge >= 0.3 is 6.09 Å². The fourth-order valence-electron chi connectivity index (χ4n) is 1.24. The third-order valence-corrected chi connectivity index (χ3v) is 2.28. The lowest BCUT2D eigenvalue weighted by Crippen LogP contribution is -2.34. The molecule has 0 aliphatic heterocycles. The summed E-state index contributed by atoms with van der Waals surface area (Å²) >= 11 is 0. The first-order chi connectivity index (χ1) is 9.10. The molecule has 1 amide bonds. The number of nitrogens with one attached hydrogen (secondary N) is 1. The molecule has 0 saturated heterocycles. The molecule has 0 spiro atoms. The van der Waals surface area contributed by atoms with Gasteiger partial charge in [0.15, 0.2) is 0 Å². The van der Waals surface area contributed by atoms with Crippen LogP contribution in [0, 0.1) is 5.41 Å². The zero-order chi connectivity index (χ0) is 15.6. The summed E-state index contributed by atoms with van der Waals surface area (Å²) in [6.45, 7) is 14.8. The van der Waals surface area contributed by atoms with Gasteiger partial charge in [-0.25, -0.2) is 4.79 Å². The van der Waals surface area contributed by atoms with Gasteiger partial charge in [0.2, 0.25) is 0 Å². The minimum absolute atomic E-state index is 0.304. The highest BCUT2D eigenvalue weighted by Crippen LogP contribution is 2.17. The standard InChI is InChI=1S/C15H31NO4/c1-14(2,3)7-9-18-11-12-19-10-8-16-13(17)20-15(4,5)6/h7-12H2,1-6H3,(H,16,17). The highest BCUT2D eigenvalue weighted by atomic mass is 16.6. The Balaban J connectivity index is 3.31. The van der Waals surface area contributed by atoms with Crippen LogP contribution in [0.15, 0.2) is 0 Å². The van der Waals surface area contributed by atoms with Gasteiger partial charge in [-0.2, -0.15) is 0 Å². The van der Waals surface area contributed by atoms with E-state index in [4.69, 9.17) is 14.2 Å². The molecule has 0 saturated carbocycles. The summed E-state index contributed by atoms with van der Waals surface area (Å²) in [5.74, 6) is 0. The molecule has 0 aromatic rings. The first kappa shape index (κ1) is 19.2.